The normalized spacial score (nSPS) is 19.4. The number of hydrogen-bond acceptors (Lipinski definition) is 8. The molecule has 1 aliphatic carbocycles. The molecule has 12 nitrogen and oxygen atoms in total. The standard InChI is InChI=1S/C45H52N4O8/c1-27-30(12-11-15-37(27)55-8)24-47(31-20-21-31)41(52)38-35(29-18-16-28(17-19-29)23-48-39(50)33-13-9-10-14-34(33)40(48)51)22-32-25-46(42(53)56-44(2,3)4)26-36(38)49(32)43(54)57-45(5,6)7/h9-19,31-32,36H,20-26H2,1-8H3/t32?,36-/m1/s1. The van der Waals surface area contributed by atoms with Gasteiger partial charge in [-0.15, -0.1) is 0 Å². The molecule has 0 N–H and O–H groups in total. The molecule has 300 valence electrons. The van der Waals surface area contributed by atoms with Crippen LogP contribution in [0.1, 0.15) is 104 Å². The van der Waals surface area contributed by atoms with Crippen molar-refractivity contribution in [3.63, 3.8) is 0 Å². The Balaban J connectivity index is 1.30. The van der Waals surface area contributed by atoms with Gasteiger partial charge in [-0.05, 0) is 114 Å². The van der Waals surface area contributed by atoms with Crippen LogP contribution in [-0.4, -0.2) is 99.0 Å². The fourth-order valence-corrected chi connectivity index (χ4v) is 8.04. The zero-order valence-corrected chi connectivity index (χ0v) is 34.1. The van der Waals surface area contributed by atoms with E-state index < -0.39 is 35.5 Å². The van der Waals surface area contributed by atoms with Gasteiger partial charge in [-0.25, -0.2) is 9.59 Å². The SMILES string of the molecule is COc1cccc(CN(C(=O)C2=C(c3ccc(CN4C(=O)c5ccccc5C4=O)cc3)CC3CN(C(=O)OC(C)(C)C)C[C@H]2N3C(=O)OC(C)(C)C)C2CC2)c1C. The van der Waals surface area contributed by atoms with Gasteiger partial charge in [-0.2, -0.15) is 0 Å². The summed E-state index contributed by atoms with van der Waals surface area (Å²) < 4.78 is 17.4. The van der Waals surface area contributed by atoms with E-state index in [9.17, 15) is 19.2 Å². The van der Waals surface area contributed by atoms with Gasteiger partial charge in [0.05, 0.1) is 36.9 Å². The summed E-state index contributed by atoms with van der Waals surface area (Å²) in [7, 11) is 1.63. The number of nitrogens with zero attached hydrogens (tertiary/aromatic N) is 4. The maximum atomic E-state index is 15.4. The number of hydrogen-bond donors (Lipinski definition) is 0. The third kappa shape index (κ3) is 8.13. The average molecular weight is 777 g/mol. The second-order valence-electron chi connectivity index (χ2n) is 17.4. The van der Waals surface area contributed by atoms with E-state index in [2.05, 4.69) is 0 Å². The topological polar surface area (TPSA) is 126 Å². The molecule has 2 atom stereocenters. The Hall–Kier alpha value is -5.65. The van der Waals surface area contributed by atoms with Crippen LogP contribution in [0, 0.1) is 6.92 Å². The van der Waals surface area contributed by atoms with Crippen molar-refractivity contribution in [2.45, 2.75) is 110 Å². The number of imide groups is 1. The monoisotopic (exact) mass is 776 g/mol. The van der Waals surface area contributed by atoms with Gasteiger partial charge in [0.1, 0.15) is 17.0 Å². The summed E-state index contributed by atoms with van der Waals surface area (Å²) in [6, 6.07) is 18.8. The number of benzene rings is 3. The van der Waals surface area contributed by atoms with Crippen LogP contribution in [0.4, 0.5) is 9.59 Å². The Bertz CT molecular complexity index is 2110. The molecule has 2 bridgehead atoms. The molecule has 12 heteroatoms. The van der Waals surface area contributed by atoms with Crippen molar-refractivity contribution in [2.75, 3.05) is 20.2 Å². The molecule has 7 rings (SSSR count). The first-order valence-electron chi connectivity index (χ1n) is 19.6. The minimum absolute atomic E-state index is 0.00265. The molecule has 0 aromatic heterocycles. The van der Waals surface area contributed by atoms with Gasteiger partial charge in [0, 0.05) is 31.2 Å². The van der Waals surface area contributed by atoms with Crippen LogP contribution < -0.4 is 4.74 Å². The predicted molar refractivity (Wildman–Crippen MR) is 213 cm³/mol. The molecule has 57 heavy (non-hydrogen) atoms. The minimum atomic E-state index is -0.840. The largest absolute Gasteiger partial charge is 0.496 e. The molecule has 3 aromatic carbocycles. The Morgan fingerprint density at radius 2 is 1.40 bits per heavy atom. The Labute approximate surface area is 334 Å². The highest BCUT2D eigenvalue weighted by Crippen LogP contribution is 2.42. The van der Waals surface area contributed by atoms with Gasteiger partial charge in [0.25, 0.3) is 17.7 Å². The molecule has 0 spiro atoms. The number of piperazine rings is 1. The lowest BCUT2D eigenvalue weighted by molar-refractivity contribution is -0.129. The van der Waals surface area contributed by atoms with E-state index >= 15 is 4.79 Å². The van der Waals surface area contributed by atoms with E-state index in [1.54, 1.807) is 61.9 Å². The van der Waals surface area contributed by atoms with Gasteiger partial charge in [-0.1, -0.05) is 48.5 Å². The van der Waals surface area contributed by atoms with Gasteiger partial charge >= 0.3 is 12.2 Å². The highest BCUT2D eigenvalue weighted by Gasteiger charge is 2.51. The van der Waals surface area contributed by atoms with E-state index in [1.807, 2.05) is 75.1 Å². The summed E-state index contributed by atoms with van der Waals surface area (Å²) in [4.78, 5) is 75.9. The zero-order valence-electron chi connectivity index (χ0n) is 34.1. The smallest absolute Gasteiger partial charge is 0.411 e. The highest BCUT2D eigenvalue weighted by atomic mass is 16.6. The van der Waals surface area contributed by atoms with Crippen molar-refractivity contribution >= 4 is 35.5 Å². The molecule has 3 aliphatic heterocycles. The van der Waals surface area contributed by atoms with E-state index in [-0.39, 0.29) is 49.8 Å². The fraction of sp³-hybridized carbons (Fsp3) is 0.444. The first-order chi connectivity index (χ1) is 26.9. The van der Waals surface area contributed by atoms with Crippen LogP contribution in [0.2, 0.25) is 0 Å². The number of methoxy groups -OCH3 is 1. The molecular formula is C45H52N4O8. The summed E-state index contributed by atoms with van der Waals surface area (Å²) in [5, 5.41) is 0. The molecule has 2 fully saturated rings. The third-order valence-electron chi connectivity index (χ3n) is 10.9. The van der Waals surface area contributed by atoms with Crippen molar-refractivity contribution in [3.8, 4) is 5.75 Å². The van der Waals surface area contributed by atoms with E-state index in [1.165, 1.54) is 4.90 Å². The van der Waals surface area contributed by atoms with Gasteiger partial charge < -0.3 is 24.0 Å². The van der Waals surface area contributed by atoms with Crippen molar-refractivity contribution in [1.82, 2.24) is 19.6 Å². The molecular weight excluding hydrogens is 725 g/mol. The molecule has 0 radical (unpaired) electrons. The van der Waals surface area contributed by atoms with E-state index in [0.717, 1.165) is 46.4 Å². The average Bonchev–Trinajstić information content (AvgIpc) is 3.96. The first kappa shape index (κ1) is 39.6. The number of carbonyl (C=O) groups is 5. The number of amides is 5. The third-order valence-corrected chi connectivity index (χ3v) is 10.9. The highest BCUT2D eigenvalue weighted by molar-refractivity contribution is 6.21. The number of fused-ring (bicyclic) bond motifs is 3. The van der Waals surface area contributed by atoms with Gasteiger partial charge in [0.15, 0.2) is 0 Å². The van der Waals surface area contributed by atoms with Gasteiger partial charge in [-0.3, -0.25) is 24.2 Å². The maximum Gasteiger partial charge on any atom is 0.411 e. The molecule has 4 aliphatic rings. The lowest BCUT2D eigenvalue weighted by Gasteiger charge is -2.51. The summed E-state index contributed by atoms with van der Waals surface area (Å²) >= 11 is 0. The lowest BCUT2D eigenvalue weighted by atomic mass is 9.81. The fourth-order valence-electron chi connectivity index (χ4n) is 8.04. The number of rotatable bonds is 8. The van der Waals surface area contributed by atoms with Crippen LogP contribution in [-0.2, 0) is 27.4 Å². The Morgan fingerprint density at radius 3 is 1.98 bits per heavy atom. The van der Waals surface area contributed by atoms with Gasteiger partial charge in [0.2, 0.25) is 0 Å². The quantitative estimate of drug-likeness (QED) is 0.217. The second-order valence-corrected chi connectivity index (χ2v) is 17.4. The number of ether oxygens (including phenoxy) is 3. The molecule has 5 amide bonds. The lowest BCUT2D eigenvalue weighted by Crippen LogP contribution is -2.66. The maximum absolute atomic E-state index is 15.4. The first-order valence-corrected chi connectivity index (χ1v) is 19.6. The van der Waals surface area contributed by atoms with E-state index in [0.29, 0.717) is 23.2 Å². The van der Waals surface area contributed by atoms with Crippen LogP contribution >= 0.6 is 0 Å². The summed E-state index contributed by atoms with van der Waals surface area (Å²) in [5.74, 6) is -0.154. The minimum Gasteiger partial charge on any atom is -0.496 e. The summed E-state index contributed by atoms with van der Waals surface area (Å²) in [6.45, 7) is 13.5. The molecule has 1 saturated carbocycles. The number of carbonyl (C=O) groups excluding carboxylic acids is 5. The van der Waals surface area contributed by atoms with Crippen LogP contribution in [0.5, 0.6) is 5.75 Å². The Morgan fingerprint density at radius 1 is 0.789 bits per heavy atom. The molecule has 3 aromatic rings. The van der Waals surface area contributed by atoms with Crippen molar-refractivity contribution in [1.29, 1.82) is 0 Å². The summed E-state index contributed by atoms with van der Waals surface area (Å²) in [6.07, 6.45) is 0.891. The Kier molecular flexibility index (Phi) is 10.4. The van der Waals surface area contributed by atoms with Crippen LogP contribution in [0.15, 0.2) is 72.3 Å². The predicted octanol–water partition coefficient (Wildman–Crippen LogP) is 7.37. The second kappa shape index (κ2) is 15.0. The van der Waals surface area contributed by atoms with Crippen molar-refractivity contribution in [2.24, 2.45) is 0 Å². The summed E-state index contributed by atoms with van der Waals surface area (Å²) in [5.41, 5.74) is 3.84. The van der Waals surface area contributed by atoms with Crippen molar-refractivity contribution in [3.05, 3.63) is 106 Å². The van der Waals surface area contributed by atoms with Crippen LogP contribution in [0.25, 0.3) is 5.57 Å². The van der Waals surface area contributed by atoms with E-state index in [4.69, 9.17) is 14.2 Å². The molecule has 3 heterocycles. The van der Waals surface area contributed by atoms with Crippen molar-refractivity contribution < 1.29 is 38.2 Å². The molecule has 1 unspecified atom stereocenters. The zero-order chi connectivity index (χ0) is 41.0. The van der Waals surface area contributed by atoms with Crippen LogP contribution in [0.3, 0.4) is 0 Å². The molecule has 1 saturated heterocycles.